The van der Waals surface area contributed by atoms with Crippen LogP contribution in [-0.4, -0.2) is 39.1 Å². The molecular formula is C22H30Cl2N4O2S. The summed E-state index contributed by atoms with van der Waals surface area (Å²) in [5, 5.41) is 13.7. The van der Waals surface area contributed by atoms with Crippen molar-refractivity contribution in [2.45, 2.75) is 76.0 Å². The van der Waals surface area contributed by atoms with Gasteiger partial charge in [0.2, 0.25) is 5.91 Å². The number of nitrogens with zero attached hydrogens (tertiary/aromatic N) is 3. The highest BCUT2D eigenvalue weighted by atomic mass is 35.5. The molecule has 0 radical (unpaired) electrons. The quantitative estimate of drug-likeness (QED) is 0.272. The number of carbonyl (C=O) groups excluding carboxylic acids is 1. The fourth-order valence-corrected chi connectivity index (χ4v) is 5.05. The van der Waals surface area contributed by atoms with Crippen LogP contribution in [0.5, 0.6) is 5.75 Å². The van der Waals surface area contributed by atoms with Crippen LogP contribution in [0.1, 0.15) is 57.7 Å². The molecule has 31 heavy (non-hydrogen) atoms. The summed E-state index contributed by atoms with van der Waals surface area (Å²) in [4.78, 5) is 12.4. The predicted octanol–water partition coefficient (Wildman–Crippen LogP) is 5.55. The van der Waals surface area contributed by atoms with E-state index < -0.39 is 0 Å². The Hall–Kier alpha value is -1.44. The van der Waals surface area contributed by atoms with Crippen molar-refractivity contribution in [2.24, 2.45) is 0 Å². The summed E-state index contributed by atoms with van der Waals surface area (Å²) in [5.74, 6) is 1.98. The average Bonchev–Trinajstić information content (AvgIpc) is 2.96. The van der Waals surface area contributed by atoms with Gasteiger partial charge in [0.05, 0.1) is 17.4 Å². The van der Waals surface area contributed by atoms with Crippen LogP contribution in [0.2, 0.25) is 10.0 Å². The first-order chi connectivity index (χ1) is 15.1. The Morgan fingerprint density at radius 1 is 1.23 bits per heavy atom. The minimum absolute atomic E-state index is 0.0809. The van der Waals surface area contributed by atoms with Crippen molar-refractivity contribution < 1.29 is 9.53 Å². The Kier molecular flexibility index (Phi) is 9.81. The zero-order valence-electron chi connectivity index (χ0n) is 17.9. The van der Waals surface area contributed by atoms with E-state index in [0.29, 0.717) is 34.2 Å². The molecule has 1 amide bonds. The van der Waals surface area contributed by atoms with E-state index in [0.717, 1.165) is 43.2 Å². The maximum absolute atomic E-state index is 12.4. The zero-order chi connectivity index (χ0) is 22.1. The minimum atomic E-state index is 0.0809. The zero-order valence-corrected chi connectivity index (χ0v) is 20.2. The number of carbonyl (C=O) groups is 1. The first kappa shape index (κ1) is 24.2. The number of aromatic nitrogens is 3. The van der Waals surface area contributed by atoms with Gasteiger partial charge >= 0.3 is 0 Å². The number of nitrogens with one attached hydrogen (secondary N) is 1. The third-order valence-electron chi connectivity index (χ3n) is 5.36. The van der Waals surface area contributed by atoms with Gasteiger partial charge in [-0.25, -0.2) is 0 Å². The van der Waals surface area contributed by atoms with Gasteiger partial charge in [-0.15, -0.1) is 10.2 Å². The van der Waals surface area contributed by atoms with Crippen LogP contribution in [0.3, 0.4) is 0 Å². The molecule has 9 heteroatoms. The van der Waals surface area contributed by atoms with Crippen LogP contribution < -0.4 is 10.1 Å². The molecule has 1 aromatic carbocycles. The fraction of sp³-hybridized carbons (Fsp3) is 0.591. The third-order valence-corrected chi connectivity index (χ3v) is 6.86. The molecule has 1 saturated carbocycles. The second kappa shape index (κ2) is 12.6. The van der Waals surface area contributed by atoms with E-state index in [-0.39, 0.29) is 5.91 Å². The predicted molar refractivity (Wildman–Crippen MR) is 126 cm³/mol. The van der Waals surface area contributed by atoms with Crippen LogP contribution >= 0.6 is 35.0 Å². The van der Waals surface area contributed by atoms with Gasteiger partial charge in [-0.2, -0.15) is 0 Å². The number of thioether (sulfide) groups is 1. The first-order valence-electron chi connectivity index (χ1n) is 11.0. The number of aryl methyl sites for hydroxylation is 1. The average molecular weight is 485 g/mol. The molecule has 1 fully saturated rings. The topological polar surface area (TPSA) is 69.0 Å². The number of rotatable bonds is 10. The lowest BCUT2D eigenvalue weighted by atomic mass is 10.1. The van der Waals surface area contributed by atoms with Crippen molar-refractivity contribution in [3.8, 4) is 5.75 Å². The number of benzene rings is 1. The highest BCUT2D eigenvalue weighted by Gasteiger charge is 2.17. The summed E-state index contributed by atoms with van der Waals surface area (Å²) < 4.78 is 7.82. The molecule has 1 aliphatic carbocycles. The number of amides is 1. The van der Waals surface area contributed by atoms with E-state index in [4.69, 9.17) is 27.9 Å². The van der Waals surface area contributed by atoms with Crippen LogP contribution in [0.25, 0.3) is 0 Å². The van der Waals surface area contributed by atoms with E-state index in [1.807, 2.05) is 0 Å². The normalized spacial score (nSPS) is 14.9. The molecule has 1 aromatic heterocycles. The lowest BCUT2D eigenvalue weighted by Gasteiger charge is -2.16. The molecule has 2 aromatic rings. The van der Waals surface area contributed by atoms with Crippen LogP contribution in [0, 0.1) is 0 Å². The van der Waals surface area contributed by atoms with Gasteiger partial charge in [0.1, 0.15) is 11.6 Å². The molecular weight excluding hydrogens is 455 g/mol. The smallest absolute Gasteiger partial charge is 0.230 e. The van der Waals surface area contributed by atoms with Crippen molar-refractivity contribution in [3.05, 3.63) is 34.1 Å². The maximum atomic E-state index is 12.4. The summed E-state index contributed by atoms with van der Waals surface area (Å²) in [5.41, 5.74) is 0. The number of hydrogen-bond donors (Lipinski definition) is 1. The maximum Gasteiger partial charge on any atom is 0.230 e. The van der Waals surface area contributed by atoms with Crippen LogP contribution in [-0.2, 0) is 17.8 Å². The Morgan fingerprint density at radius 3 is 2.71 bits per heavy atom. The largest absolute Gasteiger partial charge is 0.492 e. The molecule has 1 N–H and O–H groups in total. The van der Waals surface area contributed by atoms with Crippen molar-refractivity contribution in [3.63, 3.8) is 0 Å². The van der Waals surface area contributed by atoms with Gasteiger partial charge < -0.3 is 14.6 Å². The third kappa shape index (κ3) is 7.58. The lowest BCUT2D eigenvalue weighted by molar-refractivity contribution is -0.119. The fourth-order valence-electron chi connectivity index (χ4n) is 3.76. The highest BCUT2D eigenvalue weighted by Crippen LogP contribution is 2.27. The highest BCUT2D eigenvalue weighted by molar-refractivity contribution is 7.99. The number of halogens is 2. The molecule has 0 bridgehead atoms. The van der Waals surface area contributed by atoms with E-state index in [2.05, 4.69) is 27.0 Å². The SMILES string of the molecule is CCn1c(CCCOc2ccc(Cl)cc2Cl)nnc1SCC(=O)NC1CCCCCC1. The minimum Gasteiger partial charge on any atom is -0.492 e. The van der Waals surface area contributed by atoms with Crippen LogP contribution in [0.15, 0.2) is 23.4 Å². The lowest BCUT2D eigenvalue weighted by Crippen LogP contribution is -2.35. The molecule has 0 aliphatic heterocycles. The Morgan fingerprint density at radius 2 is 2.00 bits per heavy atom. The van der Waals surface area contributed by atoms with Crippen LogP contribution in [0.4, 0.5) is 0 Å². The summed E-state index contributed by atoms with van der Waals surface area (Å²) >= 11 is 13.5. The van der Waals surface area contributed by atoms with Gasteiger partial charge in [0, 0.05) is 24.0 Å². The standard InChI is InChI=1S/C22H30Cl2N4O2S/c1-2-28-20(10-7-13-30-19-12-11-16(23)14-18(19)24)26-27-22(28)31-15-21(29)25-17-8-5-3-4-6-9-17/h11-12,14,17H,2-10,13,15H2,1H3,(H,25,29). The van der Waals surface area contributed by atoms with E-state index in [1.165, 1.54) is 37.4 Å². The number of hydrogen-bond acceptors (Lipinski definition) is 5. The molecule has 1 aliphatic rings. The summed E-state index contributed by atoms with van der Waals surface area (Å²) in [7, 11) is 0. The van der Waals surface area contributed by atoms with Crippen molar-refractivity contribution >= 4 is 40.9 Å². The van der Waals surface area contributed by atoms with Crippen molar-refractivity contribution in [1.29, 1.82) is 0 Å². The van der Waals surface area contributed by atoms with Crippen molar-refractivity contribution in [1.82, 2.24) is 20.1 Å². The van der Waals surface area contributed by atoms with Gasteiger partial charge in [-0.3, -0.25) is 4.79 Å². The molecule has 3 rings (SSSR count). The summed E-state index contributed by atoms with van der Waals surface area (Å²) in [6.45, 7) is 3.34. The van der Waals surface area contributed by atoms with Crippen molar-refractivity contribution in [2.75, 3.05) is 12.4 Å². The van der Waals surface area contributed by atoms with Gasteiger partial charge in [-0.1, -0.05) is 60.6 Å². The summed E-state index contributed by atoms with van der Waals surface area (Å²) in [6, 6.07) is 5.52. The molecule has 0 atom stereocenters. The molecule has 170 valence electrons. The second-order valence-corrected chi connectivity index (χ2v) is 9.50. The van der Waals surface area contributed by atoms with Gasteiger partial charge in [-0.05, 0) is 44.4 Å². The van der Waals surface area contributed by atoms with Gasteiger partial charge in [0.25, 0.3) is 0 Å². The molecule has 1 heterocycles. The monoisotopic (exact) mass is 484 g/mol. The Bertz CT molecular complexity index is 854. The molecule has 6 nitrogen and oxygen atoms in total. The molecule has 0 spiro atoms. The Labute approximate surface area is 198 Å². The Balaban J connectivity index is 1.44. The molecule has 0 saturated heterocycles. The van der Waals surface area contributed by atoms with E-state index in [9.17, 15) is 4.79 Å². The van der Waals surface area contributed by atoms with Gasteiger partial charge in [0.15, 0.2) is 5.16 Å². The molecule has 0 unspecified atom stereocenters. The van der Waals surface area contributed by atoms with E-state index in [1.54, 1.807) is 18.2 Å². The second-order valence-electron chi connectivity index (χ2n) is 7.71. The number of ether oxygens (including phenoxy) is 1. The summed E-state index contributed by atoms with van der Waals surface area (Å²) in [6.07, 6.45) is 8.68. The van der Waals surface area contributed by atoms with E-state index >= 15 is 0 Å². The first-order valence-corrected chi connectivity index (χ1v) is 12.7.